The van der Waals surface area contributed by atoms with Gasteiger partial charge in [0.05, 0.1) is 5.69 Å². The molecule has 0 aliphatic carbocycles. The van der Waals surface area contributed by atoms with Crippen molar-refractivity contribution in [1.82, 2.24) is 9.97 Å². The maximum absolute atomic E-state index is 5.42. The molecule has 0 unspecified atom stereocenters. The van der Waals surface area contributed by atoms with E-state index < -0.39 is 0 Å². The average Bonchev–Trinajstić information content (AvgIpc) is 2.15. The number of nitrogens with one attached hydrogen (secondary N) is 1. The van der Waals surface area contributed by atoms with Gasteiger partial charge >= 0.3 is 0 Å². The number of hydrogen-bond acceptors (Lipinski definition) is 4. The van der Waals surface area contributed by atoms with Crippen molar-refractivity contribution in [3.8, 4) is 0 Å². The quantitative estimate of drug-likeness (QED) is 0.526. The molecule has 2 aromatic rings. The molecule has 14 heavy (non-hydrogen) atoms. The van der Waals surface area contributed by atoms with Gasteiger partial charge in [-0.1, -0.05) is 0 Å². The second-order valence-electron chi connectivity index (χ2n) is 3.28. The molecule has 0 fully saturated rings. The molecule has 0 radical (unpaired) electrons. The van der Waals surface area contributed by atoms with Gasteiger partial charge < -0.3 is 5.43 Å². The van der Waals surface area contributed by atoms with E-state index in [9.17, 15) is 0 Å². The van der Waals surface area contributed by atoms with Gasteiger partial charge in [-0.2, -0.15) is 0 Å². The van der Waals surface area contributed by atoms with E-state index in [-0.39, 0.29) is 0 Å². The largest absolute Gasteiger partial charge is 0.323 e. The summed E-state index contributed by atoms with van der Waals surface area (Å²) in [6, 6.07) is 5.82. The number of pyridine rings is 2. The van der Waals surface area contributed by atoms with Crippen molar-refractivity contribution in [2.75, 3.05) is 5.43 Å². The minimum Gasteiger partial charge on any atom is -0.323 e. The zero-order valence-corrected chi connectivity index (χ0v) is 8.20. The van der Waals surface area contributed by atoms with E-state index in [1.54, 1.807) is 0 Å². The van der Waals surface area contributed by atoms with E-state index in [0.29, 0.717) is 0 Å². The second-order valence-corrected chi connectivity index (χ2v) is 3.28. The summed E-state index contributed by atoms with van der Waals surface area (Å²) in [6.07, 6.45) is 0. The van der Waals surface area contributed by atoms with Crippen LogP contribution in [0.15, 0.2) is 18.2 Å². The lowest BCUT2D eigenvalue weighted by atomic mass is 10.2. The van der Waals surface area contributed by atoms with E-state index >= 15 is 0 Å². The van der Waals surface area contributed by atoms with Crippen molar-refractivity contribution in [3.05, 3.63) is 29.6 Å². The summed E-state index contributed by atoms with van der Waals surface area (Å²) in [5.74, 6) is 5.42. The van der Waals surface area contributed by atoms with Crippen molar-refractivity contribution in [3.63, 3.8) is 0 Å². The lowest BCUT2D eigenvalue weighted by Gasteiger charge is -2.06. The van der Waals surface area contributed by atoms with Crippen LogP contribution in [-0.4, -0.2) is 9.97 Å². The highest BCUT2D eigenvalue weighted by molar-refractivity contribution is 5.88. The van der Waals surface area contributed by atoms with Gasteiger partial charge in [-0.25, -0.2) is 9.97 Å². The average molecular weight is 188 g/mol. The monoisotopic (exact) mass is 188 g/mol. The van der Waals surface area contributed by atoms with Crippen molar-refractivity contribution >= 4 is 16.7 Å². The van der Waals surface area contributed by atoms with Crippen LogP contribution < -0.4 is 11.3 Å². The van der Waals surface area contributed by atoms with Crippen molar-refractivity contribution in [1.29, 1.82) is 0 Å². The highest BCUT2D eigenvalue weighted by Crippen LogP contribution is 2.20. The Morgan fingerprint density at radius 1 is 1.14 bits per heavy atom. The Bertz CT molecular complexity index is 474. The van der Waals surface area contributed by atoms with Gasteiger partial charge in [0.15, 0.2) is 5.65 Å². The first-order valence-corrected chi connectivity index (χ1v) is 4.42. The lowest BCUT2D eigenvalue weighted by molar-refractivity contribution is 1.16. The maximum atomic E-state index is 5.42. The smallest absolute Gasteiger partial charge is 0.161 e. The van der Waals surface area contributed by atoms with Gasteiger partial charge in [0.1, 0.15) is 0 Å². The van der Waals surface area contributed by atoms with Crippen LogP contribution in [0.1, 0.15) is 11.4 Å². The van der Waals surface area contributed by atoms with Crippen LogP contribution in [0.3, 0.4) is 0 Å². The Morgan fingerprint density at radius 3 is 2.57 bits per heavy atom. The minimum atomic E-state index is 0.734. The molecule has 0 amide bonds. The number of nitrogen functional groups attached to an aromatic ring is 1. The molecule has 0 saturated heterocycles. The molecule has 2 rings (SSSR count). The summed E-state index contributed by atoms with van der Waals surface area (Å²) >= 11 is 0. The normalized spacial score (nSPS) is 10.5. The molecule has 0 atom stereocenters. The number of nitrogens with zero attached hydrogens (tertiary/aromatic N) is 2. The Morgan fingerprint density at radius 2 is 1.86 bits per heavy atom. The van der Waals surface area contributed by atoms with Gasteiger partial charge in [0, 0.05) is 16.8 Å². The summed E-state index contributed by atoms with van der Waals surface area (Å²) < 4.78 is 0. The molecular formula is C10H12N4. The van der Waals surface area contributed by atoms with E-state index in [0.717, 1.165) is 28.1 Å². The highest BCUT2D eigenvalue weighted by atomic mass is 15.2. The van der Waals surface area contributed by atoms with Crippen LogP contribution in [0.4, 0.5) is 5.69 Å². The Labute approximate surface area is 82.1 Å². The number of aromatic nitrogens is 2. The number of rotatable bonds is 1. The third kappa shape index (κ3) is 1.40. The van der Waals surface area contributed by atoms with Gasteiger partial charge in [-0.05, 0) is 32.0 Å². The van der Waals surface area contributed by atoms with Crippen LogP contribution >= 0.6 is 0 Å². The summed E-state index contributed by atoms with van der Waals surface area (Å²) in [7, 11) is 0. The maximum Gasteiger partial charge on any atom is 0.161 e. The molecule has 0 spiro atoms. The Hall–Kier alpha value is -1.68. The fraction of sp³-hybridized carbons (Fsp3) is 0.200. The molecule has 4 heteroatoms. The van der Waals surface area contributed by atoms with E-state index in [2.05, 4.69) is 15.4 Å². The van der Waals surface area contributed by atoms with Gasteiger partial charge in [-0.15, -0.1) is 0 Å². The standard InChI is InChI=1S/C10H12N4/c1-6-3-4-8-9(14-11)5-7(2)13-10(8)12-6/h3-5H,11H2,1-2H3,(H,12,13,14). The molecule has 3 N–H and O–H groups in total. The lowest BCUT2D eigenvalue weighted by Crippen LogP contribution is -2.08. The molecule has 0 saturated carbocycles. The fourth-order valence-electron chi connectivity index (χ4n) is 1.44. The molecule has 72 valence electrons. The fourth-order valence-corrected chi connectivity index (χ4v) is 1.44. The van der Waals surface area contributed by atoms with Crippen LogP contribution in [0, 0.1) is 13.8 Å². The molecule has 0 bridgehead atoms. The van der Waals surface area contributed by atoms with Gasteiger partial charge in [-0.3, -0.25) is 5.84 Å². The molecule has 0 aromatic carbocycles. The molecule has 4 nitrogen and oxygen atoms in total. The molecule has 0 aliphatic rings. The predicted molar refractivity (Wildman–Crippen MR) is 56.8 cm³/mol. The Balaban J connectivity index is 2.81. The summed E-state index contributed by atoms with van der Waals surface area (Å²) in [6.45, 7) is 3.86. The molecule has 0 aliphatic heterocycles. The highest BCUT2D eigenvalue weighted by Gasteiger charge is 2.03. The number of hydrazine groups is 1. The molecule has 2 heterocycles. The van der Waals surface area contributed by atoms with Crippen molar-refractivity contribution in [2.45, 2.75) is 13.8 Å². The number of fused-ring (bicyclic) bond motifs is 1. The van der Waals surface area contributed by atoms with Crippen LogP contribution in [-0.2, 0) is 0 Å². The van der Waals surface area contributed by atoms with Crippen molar-refractivity contribution in [2.24, 2.45) is 5.84 Å². The zero-order chi connectivity index (χ0) is 10.1. The topological polar surface area (TPSA) is 63.8 Å². The number of hydrogen-bond donors (Lipinski definition) is 2. The van der Waals surface area contributed by atoms with Gasteiger partial charge in [0.2, 0.25) is 0 Å². The number of nitrogens with two attached hydrogens (primary N) is 1. The summed E-state index contributed by atoms with van der Waals surface area (Å²) in [4.78, 5) is 8.68. The predicted octanol–water partition coefficient (Wildman–Crippen LogP) is 1.53. The first-order chi connectivity index (χ1) is 6.70. The Kier molecular flexibility index (Phi) is 2.05. The second kappa shape index (κ2) is 3.23. The van der Waals surface area contributed by atoms with Crippen molar-refractivity contribution < 1.29 is 0 Å². The molecular weight excluding hydrogens is 176 g/mol. The first-order valence-electron chi connectivity index (χ1n) is 4.42. The minimum absolute atomic E-state index is 0.734. The third-order valence-corrected chi connectivity index (χ3v) is 2.10. The third-order valence-electron chi connectivity index (χ3n) is 2.10. The van der Waals surface area contributed by atoms with E-state index in [4.69, 9.17) is 5.84 Å². The van der Waals surface area contributed by atoms with Crippen LogP contribution in [0.2, 0.25) is 0 Å². The first kappa shape index (κ1) is 8.90. The number of anilines is 1. The number of aryl methyl sites for hydroxylation is 2. The summed E-state index contributed by atoms with van der Waals surface area (Å²) in [5.41, 5.74) is 6.11. The van der Waals surface area contributed by atoms with Crippen LogP contribution in [0.5, 0.6) is 0 Å². The SMILES string of the molecule is Cc1ccc2c(NN)cc(C)nc2n1. The van der Waals surface area contributed by atoms with Gasteiger partial charge in [0.25, 0.3) is 0 Å². The molecule has 2 aromatic heterocycles. The summed E-state index contributed by atoms with van der Waals surface area (Å²) in [5, 5.41) is 0.948. The van der Waals surface area contributed by atoms with E-state index in [1.807, 2.05) is 32.0 Å². The van der Waals surface area contributed by atoms with E-state index in [1.165, 1.54) is 0 Å². The zero-order valence-electron chi connectivity index (χ0n) is 8.20. The van der Waals surface area contributed by atoms with Crippen LogP contribution in [0.25, 0.3) is 11.0 Å².